The van der Waals surface area contributed by atoms with Gasteiger partial charge in [-0.1, -0.05) is 17.2 Å². The predicted octanol–water partition coefficient (Wildman–Crippen LogP) is 4.64. The first-order chi connectivity index (χ1) is 8.33. The summed E-state index contributed by atoms with van der Waals surface area (Å²) in [6.07, 6.45) is 0. The zero-order valence-corrected chi connectivity index (χ0v) is 12.5. The second-order valence-corrected chi connectivity index (χ2v) is 6.65. The van der Waals surface area contributed by atoms with E-state index in [2.05, 4.69) is 68.5 Å². The molecule has 2 nitrogen and oxygen atoms in total. The number of rotatable bonds is 2. The van der Waals surface area contributed by atoms with E-state index in [1.807, 2.05) is 0 Å². The molecular formula is C15H20N2S. The zero-order valence-electron chi connectivity index (χ0n) is 11.7. The summed E-state index contributed by atoms with van der Waals surface area (Å²) in [6.45, 7) is 10.7. The summed E-state index contributed by atoms with van der Waals surface area (Å²) in [7, 11) is 0. The second kappa shape index (κ2) is 4.73. The van der Waals surface area contributed by atoms with Gasteiger partial charge >= 0.3 is 0 Å². The molecule has 0 aliphatic carbocycles. The molecule has 0 unspecified atom stereocenters. The molecule has 0 saturated carbocycles. The van der Waals surface area contributed by atoms with Gasteiger partial charge in [-0.2, -0.15) is 0 Å². The molecule has 1 aromatic heterocycles. The molecule has 96 valence electrons. The molecule has 1 N–H and O–H groups in total. The Morgan fingerprint density at radius 2 is 1.67 bits per heavy atom. The maximum absolute atomic E-state index is 4.66. The Labute approximate surface area is 113 Å². The smallest absolute Gasteiger partial charge is 0.183 e. The first-order valence-corrected chi connectivity index (χ1v) is 7.04. The van der Waals surface area contributed by atoms with E-state index in [9.17, 15) is 0 Å². The minimum Gasteiger partial charge on any atom is -0.357 e. The molecule has 1 aromatic carbocycles. The lowest BCUT2D eigenvalue weighted by molar-refractivity contribution is 0.633. The fraction of sp³-hybridized carbons (Fsp3) is 0.400. The molecule has 0 radical (unpaired) electrons. The quantitative estimate of drug-likeness (QED) is 0.851. The highest BCUT2D eigenvalue weighted by molar-refractivity contribution is 7.14. The number of hydrogen-bond donors (Lipinski definition) is 1. The largest absolute Gasteiger partial charge is 0.357 e. The number of benzene rings is 1. The molecule has 3 heteroatoms. The Morgan fingerprint density at radius 1 is 1.06 bits per heavy atom. The van der Waals surface area contributed by atoms with Crippen molar-refractivity contribution in [1.29, 1.82) is 0 Å². The van der Waals surface area contributed by atoms with Crippen LogP contribution in [0.2, 0.25) is 0 Å². The minimum atomic E-state index is 0.0532. The van der Waals surface area contributed by atoms with Crippen molar-refractivity contribution in [2.45, 2.75) is 40.2 Å². The van der Waals surface area contributed by atoms with Crippen molar-refractivity contribution < 1.29 is 0 Å². The Morgan fingerprint density at radius 3 is 2.22 bits per heavy atom. The summed E-state index contributed by atoms with van der Waals surface area (Å²) in [5.41, 5.74) is 4.87. The second-order valence-electron chi connectivity index (χ2n) is 5.79. The molecule has 0 aliphatic heterocycles. The molecule has 0 fully saturated rings. The van der Waals surface area contributed by atoms with Gasteiger partial charge in [-0.15, -0.1) is 11.3 Å². The van der Waals surface area contributed by atoms with E-state index >= 15 is 0 Å². The summed E-state index contributed by atoms with van der Waals surface area (Å²) in [4.78, 5) is 4.66. The summed E-state index contributed by atoms with van der Waals surface area (Å²) >= 11 is 1.66. The van der Waals surface area contributed by atoms with Crippen molar-refractivity contribution in [2.24, 2.45) is 0 Å². The fourth-order valence-electron chi connectivity index (χ4n) is 1.91. The minimum absolute atomic E-state index is 0.0532. The number of nitrogens with zero attached hydrogens (tertiary/aromatic N) is 1. The first-order valence-electron chi connectivity index (χ1n) is 6.16. The highest BCUT2D eigenvalue weighted by Crippen LogP contribution is 2.27. The summed E-state index contributed by atoms with van der Waals surface area (Å²) in [5, 5.41) is 6.50. The van der Waals surface area contributed by atoms with Crippen LogP contribution in [-0.4, -0.2) is 10.5 Å². The Hall–Kier alpha value is -1.35. The van der Waals surface area contributed by atoms with Gasteiger partial charge < -0.3 is 5.32 Å². The molecule has 0 saturated heterocycles. The normalized spacial score (nSPS) is 11.6. The van der Waals surface area contributed by atoms with Crippen molar-refractivity contribution in [3.8, 4) is 11.3 Å². The standard InChI is InChI=1S/C15H20N2S/c1-10-6-11(2)8-12(7-10)13-9-18-14(16-13)17-15(3,4)5/h6-9H,1-5H3,(H,16,17). The van der Waals surface area contributed by atoms with Gasteiger partial charge in [-0.3, -0.25) is 0 Å². The molecule has 0 aliphatic rings. The Balaban J connectivity index is 2.29. The van der Waals surface area contributed by atoms with E-state index in [0.29, 0.717) is 0 Å². The summed E-state index contributed by atoms with van der Waals surface area (Å²) in [5.74, 6) is 0. The number of aromatic nitrogens is 1. The third-order valence-electron chi connectivity index (χ3n) is 2.50. The highest BCUT2D eigenvalue weighted by Gasteiger charge is 2.12. The molecule has 18 heavy (non-hydrogen) atoms. The van der Waals surface area contributed by atoms with Gasteiger partial charge in [0.05, 0.1) is 5.69 Å². The number of anilines is 1. The van der Waals surface area contributed by atoms with Crippen molar-refractivity contribution in [2.75, 3.05) is 5.32 Å². The van der Waals surface area contributed by atoms with E-state index in [1.165, 1.54) is 16.7 Å². The molecular weight excluding hydrogens is 240 g/mol. The van der Waals surface area contributed by atoms with Crippen molar-refractivity contribution in [3.63, 3.8) is 0 Å². The third-order valence-corrected chi connectivity index (χ3v) is 3.26. The lowest BCUT2D eigenvalue weighted by atomic mass is 10.1. The number of thiazole rings is 1. The topological polar surface area (TPSA) is 24.9 Å². The molecule has 0 atom stereocenters. The van der Waals surface area contributed by atoms with E-state index in [1.54, 1.807) is 11.3 Å². The molecule has 0 amide bonds. The molecule has 2 aromatic rings. The Kier molecular flexibility index (Phi) is 3.44. The SMILES string of the molecule is Cc1cc(C)cc(-c2csc(NC(C)(C)C)n2)c1. The third kappa shape index (κ3) is 3.33. The zero-order chi connectivity index (χ0) is 13.3. The van der Waals surface area contributed by atoms with Crippen LogP contribution in [-0.2, 0) is 0 Å². The van der Waals surface area contributed by atoms with Crippen LogP contribution >= 0.6 is 11.3 Å². The van der Waals surface area contributed by atoms with Crippen LogP contribution in [0.4, 0.5) is 5.13 Å². The van der Waals surface area contributed by atoms with Crippen LogP contribution in [0, 0.1) is 13.8 Å². The molecule has 0 spiro atoms. The van der Waals surface area contributed by atoms with Crippen LogP contribution in [0.15, 0.2) is 23.6 Å². The monoisotopic (exact) mass is 260 g/mol. The first kappa shape index (κ1) is 13.1. The van der Waals surface area contributed by atoms with Gasteiger partial charge in [0.1, 0.15) is 0 Å². The van der Waals surface area contributed by atoms with E-state index in [-0.39, 0.29) is 5.54 Å². The van der Waals surface area contributed by atoms with Crippen molar-refractivity contribution in [1.82, 2.24) is 4.98 Å². The number of nitrogens with one attached hydrogen (secondary N) is 1. The van der Waals surface area contributed by atoms with Gasteiger partial charge in [0.15, 0.2) is 5.13 Å². The van der Waals surface area contributed by atoms with Gasteiger partial charge in [0.25, 0.3) is 0 Å². The van der Waals surface area contributed by atoms with Crippen molar-refractivity contribution >= 4 is 16.5 Å². The van der Waals surface area contributed by atoms with Crippen LogP contribution in [0.3, 0.4) is 0 Å². The van der Waals surface area contributed by atoms with E-state index in [4.69, 9.17) is 0 Å². The lowest BCUT2D eigenvalue weighted by Gasteiger charge is -2.19. The number of aryl methyl sites for hydroxylation is 2. The average Bonchev–Trinajstić information content (AvgIpc) is 2.61. The Bertz CT molecular complexity index is 530. The summed E-state index contributed by atoms with van der Waals surface area (Å²) < 4.78 is 0. The van der Waals surface area contributed by atoms with Crippen molar-refractivity contribution in [3.05, 3.63) is 34.7 Å². The maximum atomic E-state index is 4.66. The molecule has 1 heterocycles. The predicted molar refractivity (Wildman–Crippen MR) is 80.4 cm³/mol. The van der Waals surface area contributed by atoms with Gasteiger partial charge in [-0.05, 0) is 46.8 Å². The van der Waals surface area contributed by atoms with E-state index in [0.717, 1.165) is 10.8 Å². The molecule has 2 rings (SSSR count). The fourth-order valence-corrected chi connectivity index (χ4v) is 2.84. The van der Waals surface area contributed by atoms with Crippen LogP contribution < -0.4 is 5.32 Å². The number of hydrogen-bond acceptors (Lipinski definition) is 3. The highest BCUT2D eigenvalue weighted by atomic mass is 32.1. The van der Waals surface area contributed by atoms with E-state index < -0.39 is 0 Å². The molecule has 0 bridgehead atoms. The van der Waals surface area contributed by atoms with Crippen LogP contribution in [0.25, 0.3) is 11.3 Å². The average molecular weight is 260 g/mol. The van der Waals surface area contributed by atoms with Gasteiger partial charge in [0.2, 0.25) is 0 Å². The lowest BCUT2D eigenvalue weighted by Crippen LogP contribution is -2.25. The summed E-state index contributed by atoms with van der Waals surface area (Å²) in [6, 6.07) is 6.55. The van der Waals surface area contributed by atoms with Crippen LogP contribution in [0.1, 0.15) is 31.9 Å². The van der Waals surface area contributed by atoms with Crippen LogP contribution in [0.5, 0.6) is 0 Å². The van der Waals surface area contributed by atoms with Gasteiger partial charge in [0, 0.05) is 16.5 Å². The van der Waals surface area contributed by atoms with Gasteiger partial charge in [-0.25, -0.2) is 4.98 Å². The maximum Gasteiger partial charge on any atom is 0.183 e.